The van der Waals surface area contributed by atoms with E-state index in [1.165, 1.54) is 25.1 Å². The molecule has 4 nitrogen and oxygen atoms in total. The molecular weight excluding hydrogens is 236 g/mol. The first-order valence-corrected chi connectivity index (χ1v) is 6.08. The fraction of sp³-hybridized carbons (Fsp3) is 0.333. The first-order valence-electron chi connectivity index (χ1n) is 5.70. The Morgan fingerprint density at radius 1 is 1.35 bits per heavy atom. The van der Waals surface area contributed by atoms with Crippen molar-refractivity contribution in [3.05, 3.63) is 35.0 Å². The smallest absolute Gasteiger partial charge is 0.112 e. The summed E-state index contributed by atoms with van der Waals surface area (Å²) in [5.74, 6) is 0. The molecule has 0 saturated carbocycles. The predicted octanol–water partition coefficient (Wildman–Crippen LogP) is 2.33. The minimum atomic E-state index is 0.803. The molecule has 1 aromatic carbocycles. The van der Waals surface area contributed by atoms with E-state index in [-0.39, 0.29) is 0 Å². The topological polar surface area (TPSA) is 44.8 Å². The summed E-state index contributed by atoms with van der Waals surface area (Å²) in [7, 11) is 0. The van der Waals surface area contributed by atoms with E-state index in [4.69, 9.17) is 11.6 Å². The Balaban J connectivity index is 1.83. The number of rotatable bonds is 3. The van der Waals surface area contributed by atoms with E-state index in [9.17, 15) is 0 Å². The fourth-order valence-electron chi connectivity index (χ4n) is 1.96. The van der Waals surface area contributed by atoms with Crippen molar-refractivity contribution < 1.29 is 0 Å². The molecular formula is C12H13ClN4. The van der Waals surface area contributed by atoms with Gasteiger partial charge < -0.3 is 0 Å². The van der Waals surface area contributed by atoms with Gasteiger partial charge in [-0.15, -0.1) is 5.10 Å². The number of likely N-dealkylation sites (tertiary alicyclic amines) is 1. The third-order valence-corrected chi connectivity index (χ3v) is 3.46. The SMILES string of the molecule is Clc1cc(-c2c[nH]nn2)ccc1CN1CCC1. The summed E-state index contributed by atoms with van der Waals surface area (Å²) in [6.07, 6.45) is 3.06. The molecule has 0 atom stereocenters. The summed E-state index contributed by atoms with van der Waals surface area (Å²) in [4.78, 5) is 2.39. The van der Waals surface area contributed by atoms with E-state index in [1.54, 1.807) is 6.20 Å². The second kappa shape index (κ2) is 4.47. The lowest BCUT2D eigenvalue weighted by Gasteiger charge is -2.30. The lowest BCUT2D eigenvalue weighted by Crippen LogP contribution is -2.36. The molecule has 2 aromatic rings. The van der Waals surface area contributed by atoms with Crippen molar-refractivity contribution in [2.75, 3.05) is 13.1 Å². The largest absolute Gasteiger partial charge is 0.299 e. The van der Waals surface area contributed by atoms with E-state index in [2.05, 4.69) is 26.4 Å². The quantitative estimate of drug-likeness (QED) is 0.907. The van der Waals surface area contributed by atoms with Gasteiger partial charge in [-0.3, -0.25) is 10.00 Å². The van der Waals surface area contributed by atoms with Crippen molar-refractivity contribution in [1.29, 1.82) is 0 Å². The number of nitrogens with one attached hydrogen (secondary N) is 1. The van der Waals surface area contributed by atoms with Crippen LogP contribution in [0.5, 0.6) is 0 Å². The van der Waals surface area contributed by atoms with Crippen LogP contribution in [0.15, 0.2) is 24.4 Å². The highest BCUT2D eigenvalue weighted by Gasteiger charge is 2.15. The Bertz CT molecular complexity index is 505. The maximum Gasteiger partial charge on any atom is 0.112 e. The monoisotopic (exact) mass is 248 g/mol. The lowest BCUT2D eigenvalue weighted by atomic mass is 10.1. The summed E-state index contributed by atoms with van der Waals surface area (Å²) < 4.78 is 0. The van der Waals surface area contributed by atoms with Crippen molar-refractivity contribution in [2.45, 2.75) is 13.0 Å². The molecule has 5 heteroatoms. The number of halogens is 1. The van der Waals surface area contributed by atoms with Gasteiger partial charge in [0.1, 0.15) is 5.69 Å². The van der Waals surface area contributed by atoms with Crippen LogP contribution in [0.1, 0.15) is 12.0 Å². The van der Waals surface area contributed by atoms with Crippen molar-refractivity contribution in [1.82, 2.24) is 20.3 Å². The molecule has 0 unspecified atom stereocenters. The molecule has 1 aromatic heterocycles. The molecule has 0 spiro atoms. The summed E-state index contributed by atoms with van der Waals surface area (Å²) in [5.41, 5.74) is 3.00. The molecule has 17 heavy (non-hydrogen) atoms. The summed E-state index contributed by atoms with van der Waals surface area (Å²) in [6, 6.07) is 6.07. The Hall–Kier alpha value is -1.39. The van der Waals surface area contributed by atoms with Crippen LogP contribution < -0.4 is 0 Å². The van der Waals surface area contributed by atoms with Crippen LogP contribution in [0.3, 0.4) is 0 Å². The van der Waals surface area contributed by atoms with Crippen molar-refractivity contribution in [3.8, 4) is 11.3 Å². The molecule has 3 rings (SSSR count). The highest BCUT2D eigenvalue weighted by atomic mass is 35.5. The minimum absolute atomic E-state index is 0.803. The number of hydrogen-bond acceptors (Lipinski definition) is 3. The fourth-order valence-corrected chi connectivity index (χ4v) is 2.20. The highest BCUT2D eigenvalue weighted by Crippen LogP contribution is 2.25. The standard InChI is InChI=1S/C12H13ClN4/c13-11-6-9(12-7-14-16-15-12)2-3-10(11)8-17-4-1-5-17/h2-3,6-7H,1,4-5,8H2,(H,14,15,16). The number of nitrogens with zero attached hydrogens (tertiary/aromatic N) is 3. The second-order valence-electron chi connectivity index (χ2n) is 4.29. The van der Waals surface area contributed by atoms with Gasteiger partial charge in [0.2, 0.25) is 0 Å². The van der Waals surface area contributed by atoms with Gasteiger partial charge in [-0.05, 0) is 31.1 Å². The molecule has 1 aliphatic rings. The predicted molar refractivity (Wildman–Crippen MR) is 66.7 cm³/mol. The maximum absolute atomic E-state index is 6.29. The molecule has 0 aliphatic carbocycles. The lowest BCUT2D eigenvalue weighted by molar-refractivity contribution is 0.172. The van der Waals surface area contributed by atoms with Gasteiger partial charge >= 0.3 is 0 Å². The van der Waals surface area contributed by atoms with E-state index >= 15 is 0 Å². The average Bonchev–Trinajstić information content (AvgIpc) is 2.78. The zero-order valence-corrected chi connectivity index (χ0v) is 10.1. The molecule has 2 heterocycles. The van der Waals surface area contributed by atoms with Crippen molar-refractivity contribution in [2.24, 2.45) is 0 Å². The number of aromatic amines is 1. The third-order valence-electron chi connectivity index (χ3n) is 3.11. The molecule has 0 bridgehead atoms. The molecule has 0 amide bonds. The summed E-state index contributed by atoms with van der Waals surface area (Å²) in [6.45, 7) is 3.31. The number of aromatic nitrogens is 3. The zero-order valence-electron chi connectivity index (χ0n) is 9.36. The van der Waals surface area contributed by atoms with E-state index in [0.29, 0.717) is 0 Å². The Labute approximate surface area is 105 Å². The van der Waals surface area contributed by atoms with Crippen LogP contribution in [0.25, 0.3) is 11.3 Å². The van der Waals surface area contributed by atoms with Crippen LogP contribution in [0.2, 0.25) is 5.02 Å². The molecule has 0 radical (unpaired) electrons. The van der Waals surface area contributed by atoms with Crippen molar-refractivity contribution >= 4 is 11.6 Å². The Kier molecular flexibility index (Phi) is 2.82. The van der Waals surface area contributed by atoms with Crippen LogP contribution in [-0.2, 0) is 6.54 Å². The molecule has 1 saturated heterocycles. The Morgan fingerprint density at radius 3 is 2.82 bits per heavy atom. The maximum atomic E-state index is 6.29. The van der Waals surface area contributed by atoms with Crippen molar-refractivity contribution in [3.63, 3.8) is 0 Å². The third kappa shape index (κ3) is 2.18. The van der Waals surface area contributed by atoms with Gasteiger partial charge in [-0.1, -0.05) is 28.9 Å². The van der Waals surface area contributed by atoms with Crippen LogP contribution >= 0.6 is 11.6 Å². The van der Waals surface area contributed by atoms with Crippen LogP contribution in [0, 0.1) is 0 Å². The first-order chi connectivity index (χ1) is 8.33. The number of benzene rings is 1. The van der Waals surface area contributed by atoms with Gasteiger partial charge in [0.05, 0.1) is 0 Å². The molecule has 1 fully saturated rings. The molecule has 1 aliphatic heterocycles. The van der Waals surface area contributed by atoms with Crippen LogP contribution in [-0.4, -0.2) is 33.4 Å². The normalized spacial score (nSPS) is 15.8. The Morgan fingerprint density at radius 2 is 2.24 bits per heavy atom. The zero-order chi connectivity index (χ0) is 11.7. The van der Waals surface area contributed by atoms with E-state index in [0.717, 1.165) is 22.8 Å². The van der Waals surface area contributed by atoms with Gasteiger partial charge in [0, 0.05) is 23.3 Å². The summed E-state index contributed by atoms with van der Waals surface area (Å²) >= 11 is 6.29. The highest BCUT2D eigenvalue weighted by molar-refractivity contribution is 6.31. The van der Waals surface area contributed by atoms with Gasteiger partial charge in [0.25, 0.3) is 0 Å². The first kappa shape index (κ1) is 10.7. The van der Waals surface area contributed by atoms with E-state index in [1.807, 2.05) is 12.1 Å². The number of H-pyrrole nitrogens is 1. The van der Waals surface area contributed by atoms with E-state index < -0.39 is 0 Å². The van der Waals surface area contributed by atoms with Gasteiger partial charge in [0.15, 0.2) is 0 Å². The average molecular weight is 249 g/mol. The minimum Gasteiger partial charge on any atom is -0.299 e. The summed E-state index contributed by atoms with van der Waals surface area (Å²) in [5, 5.41) is 11.2. The van der Waals surface area contributed by atoms with Crippen LogP contribution in [0.4, 0.5) is 0 Å². The second-order valence-corrected chi connectivity index (χ2v) is 4.70. The van der Waals surface area contributed by atoms with Gasteiger partial charge in [-0.25, -0.2) is 0 Å². The van der Waals surface area contributed by atoms with Gasteiger partial charge in [-0.2, -0.15) is 0 Å². The number of hydrogen-bond donors (Lipinski definition) is 1. The molecule has 88 valence electrons. The molecule has 1 N–H and O–H groups in total.